The van der Waals surface area contributed by atoms with Gasteiger partial charge in [-0.3, -0.25) is 4.79 Å². The fourth-order valence-electron chi connectivity index (χ4n) is 3.73. The zero-order valence-corrected chi connectivity index (χ0v) is 14.4. The van der Waals surface area contributed by atoms with E-state index in [1.807, 2.05) is 49.4 Å². The molecule has 5 rings (SSSR count). The van der Waals surface area contributed by atoms with Gasteiger partial charge in [-0.2, -0.15) is 4.98 Å². The van der Waals surface area contributed by atoms with Gasteiger partial charge >= 0.3 is 0 Å². The summed E-state index contributed by atoms with van der Waals surface area (Å²) in [4.78, 5) is 17.4. The van der Waals surface area contributed by atoms with Crippen LogP contribution in [0.5, 0.6) is 0 Å². The summed E-state index contributed by atoms with van der Waals surface area (Å²) >= 11 is 0. The quantitative estimate of drug-likeness (QED) is 0.762. The molecule has 0 spiro atoms. The van der Waals surface area contributed by atoms with Crippen molar-refractivity contribution < 1.29 is 9.21 Å². The van der Waals surface area contributed by atoms with E-state index < -0.39 is 0 Å². The molecule has 26 heavy (non-hydrogen) atoms. The van der Waals surface area contributed by atoms with E-state index in [0.717, 1.165) is 41.2 Å². The average molecular weight is 346 g/mol. The Bertz CT molecular complexity index is 1030. The first-order chi connectivity index (χ1) is 12.7. The fourth-order valence-corrected chi connectivity index (χ4v) is 3.73. The number of furan rings is 1. The van der Waals surface area contributed by atoms with Crippen molar-refractivity contribution >= 4 is 11.7 Å². The molecule has 2 aromatic heterocycles. The van der Waals surface area contributed by atoms with E-state index >= 15 is 0 Å². The smallest absolute Gasteiger partial charge is 0.227 e. The number of anilines is 1. The molecule has 1 unspecified atom stereocenters. The highest BCUT2D eigenvalue weighted by molar-refractivity contribution is 5.99. The van der Waals surface area contributed by atoms with E-state index in [-0.39, 0.29) is 11.8 Å². The Balaban J connectivity index is 1.69. The largest absolute Gasteiger partial charge is 0.464 e. The van der Waals surface area contributed by atoms with Crippen molar-refractivity contribution in [1.82, 2.24) is 14.8 Å². The topological polar surface area (TPSA) is 73.0 Å². The highest BCUT2D eigenvalue weighted by Crippen LogP contribution is 2.40. The van der Waals surface area contributed by atoms with Gasteiger partial charge in [0.15, 0.2) is 11.6 Å². The molecule has 0 amide bonds. The summed E-state index contributed by atoms with van der Waals surface area (Å²) in [6.07, 6.45) is 2.26. The van der Waals surface area contributed by atoms with E-state index in [4.69, 9.17) is 9.52 Å². The van der Waals surface area contributed by atoms with Crippen LogP contribution in [0.25, 0.3) is 11.4 Å². The van der Waals surface area contributed by atoms with Gasteiger partial charge < -0.3 is 9.73 Å². The Hall–Kier alpha value is -3.15. The van der Waals surface area contributed by atoms with E-state index in [1.165, 1.54) is 0 Å². The van der Waals surface area contributed by atoms with Crippen LogP contribution in [0.15, 0.2) is 58.2 Å². The van der Waals surface area contributed by atoms with Gasteiger partial charge in [-0.05, 0) is 31.9 Å². The molecule has 3 aromatic rings. The van der Waals surface area contributed by atoms with Crippen LogP contribution in [0.2, 0.25) is 0 Å². The lowest BCUT2D eigenvalue weighted by Gasteiger charge is -2.30. The molecule has 1 aliphatic heterocycles. The molecule has 0 bridgehead atoms. The molecule has 0 radical (unpaired) electrons. The molecule has 2 aliphatic rings. The first kappa shape index (κ1) is 15.1. The van der Waals surface area contributed by atoms with Crippen LogP contribution in [-0.2, 0) is 4.79 Å². The van der Waals surface area contributed by atoms with Gasteiger partial charge in [-0.15, -0.1) is 5.10 Å². The molecule has 3 heterocycles. The first-order valence-corrected chi connectivity index (χ1v) is 8.82. The number of fused-ring (bicyclic) bond motifs is 1. The molecule has 0 saturated heterocycles. The number of hydrogen-bond acceptors (Lipinski definition) is 5. The van der Waals surface area contributed by atoms with Crippen LogP contribution < -0.4 is 5.32 Å². The molecule has 1 aromatic carbocycles. The molecule has 6 heteroatoms. The van der Waals surface area contributed by atoms with E-state index in [9.17, 15) is 4.79 Å². The number of nitrogens with one attached hydrogen (secondary N) is 1. The molecule has 0 saturated carbocycles. The Morgan fingerprint density at radius 2 is 2.00 bits per heavy atom. The van der Waals surface area contributed by atoms with Crippen LogP contribution in [-0.4, -0.2) is 20.5 Å². The first-order valence-electron chi connectivity index (χ1n) is 8.82. The van der Waals surface area contributed by atoms with Crippen LogP contribution in [0.4, 0.5) is 5.95 Å². The summed E-state index contributed by atoms with van der Waals surface area (Å²) in [7, 11) is 0. The zero-order valence-electron chi connectivity index (χ0n) is 14.4. The molecule has 6 nitrogen and oxygen atoms in total. The minimum Gasteiger partial charge on any atom is -0.464 e. The van der Waals surface area contributed by atoms with Gasteiger partial charge in [-0.25, -0.2) is 4.68 Å². The van der Waals surface area contributed by atoms with Crippen LogP contribution in [0.3, 0.4) is 0 Å². The van der Waals surface area contributed by atoms with Gasteiger partial charge in [-0.1, -0.05) is 30.3 Å². The average Bonchev–Trinajstić information content (AvgIpc) is 3.27. The lowest BCUT2D eigenvalue weighted by atomic mass is 9.88. The summed E-state index contributed by atoms with van der Waals surface area (Å²) in [5, 5.41) is 8.04. The van der Waals surface area contributed by atoms with Crippen LogP contribution in [0.1, 0.15) is 36.8 Å². The van der Waals surface area contributed by atoms with Crippen LogP contribution >= 0.6 is 0 Å². The number of nitrogens with zero attached hydrogens (tertiary/aromatic N) is 3. The second-order valence-electron chi connectivity index (χ2n) is 6.71. The second-order valence-corrected chi connectivity index (χ2v) is 6.71. The van der Waals surface area contributed by atoms with Crippen molar-refractivity contribution in [3.05, 3.63) is 65.3 Å². The third-order valence-electron chi connectivity index (χ3n) is 4.93. The zero-order chi connectivity index (χ0) is 17.7. The van der Waals surface area contributed by atoms with Crippen molar-refractivity contribution in [1.29, 1.82) is 0 Å². The van der Waals surface area contributed by atoms with Crippen LogP contribution in [0, 0.1) is 6.92 Å². The van der Waals surface area contributed by atoms with Gasteiger partial charge in [0, 0.05) is 23.3 Å². The minimum atomic E-state index is -0.368. The van der Waals surface area contributed by atoms with Crippen molar-refractivity contribution in [2.45, 2.75) is 32.2 Å². The van der Waals surface area contributed by atoms with Gasteiger partial charge in [0.1, 0.15) is 17.6 Å². The number of carbonyl (C=O) groups is 1. The maximum absolute atomic E-state index is 12.7. The Labute approximate surface area is 150 Å². The Morgan fingerprint density at radius 3 is 2.77 bits per heavy atom. The molecule has 130 valence electrons. The standard InChI is InChI=1S/C20H18N4O2/c1-12-10-11-16(26-12)18-17-14(8-5-9-15(17)25)21-20-22-19(23-24(18)20)13-6-3-2-4-7-13/h2-4,6-7,10-11,18H,5,8-9H2,1H3,(H,21,22,23). The SMILES string of the molecule is Cc1ccc(C2C3=C(CCCC3=O)Nc3nc(-c4ccccc4)nn32)o1. The predicted octanol–water partition coefficient (Wildman–Crippen LogP) is 3.87. The van der Waals surface area contributed by atoms with Crippen molar-refractivity contribution in [3.63, 3.8) is 0 Å². The molecule has 1 aliphatic carbocycles. The number of benzene rings is 1. The fraction of sp³-hybridized carbons (Fsp3) is 0.250. The lowest BCUT2D eigenvalue weighted by molar-refractivity contribution is -0.116. The molecular formula is C20H18N4O2. The van der Waals surface area contributed by atoms with Crippen molar-refractivity contribution in [2.24, 2.45) is 0 Å². The summed E-state index contributed by atoms with van der Waals surface area (Å²) in [6.45, 7) is 1.90. The normalized spacial score (nSPS) is 19.1. The lowest BCUT2D eigenvalue weighted by Crippen LogP contribution is -2.31. The number of aromatic nitrogens is 3. The van der Waals surface area contributed by atoms with Crippen molar-refractivity contribution in [3.8, 4) is 11.4 Å². The number of rotatable bonds is 2. The number of allylic oxidation sites excluding steroid dienone is 2. The predicted molar refractivity (Wildman–Crippen MR) is 96.5 cm³/mol. The summed E-state index contributed by atoms with van der Waals surface area (Å²) < 4.78 is 7.67. The summed E-state index contributed by atoms with van der Waals surface area (Å²) in [5.74, 6) is 2.97. The van der Waals surface area contributed by atoms with Crippen molar-refractivity contribution in [2.75, 3.05) is 5.32 Å². The van der Waals surface area contributed by atoms with E-state index in [1.54, 1.807) is 4.68 Å². The number of carbonyl (C=O) groups excluding carboxylic acids is 1. The molecular weight excluding hydrogens is 328 g/mol. The maximum Gasteiger partial charge on any atom is 0.227 e. The second kappa shape index (κ2) is 5.69. The molecule has 0 fully saturated rings. The molecule has 1 N–H and O–H groups in total. The maximum atomic E-state index is 12.7. The highest BCUT2D eigenvalue weighted by Gasteiger charge is 2.38. The van der Waals surface area contributed by atoms with Gasteiger partial charge in [0.2, 0.25) is 5.95 Å². The number of ketones is 1. The van der Waals surface area contributed by atoms with E-state index in [2.05, 4.69) is 10.3 Å². The van der Waals surface area contributed by atoms with Gasteiger partial charge in [0.05, 0.1) is 0 Å². The number of Topliss-reactive ketones (excluding diaryl/α,β-unsaturated/α-hetero) is 1. The van der Waals surface area contributed by atoms with Gasteiger partial charge in [0.25, 0.3) is 0 Å². The summed E-state index contributed by atoms with van der Waals surface area (Å²) in [6, 6.07) is 13.3. The number of hydrogen-bond donors (Lipinski definition) is 1. The third-order valence-corrected chi connectivity index (χ3v) is 4.93. The Morgan fingerprint density at radius 1 is 1.15 bits per heavy atom. The third kappa shape index (κ3) is 2.29. The minimum absolute atomic E-state index is 0.153. The highest BCUT2D eigenvalue weighted by atomic mass is 16.3. The summed E-state index contributed by atoms with van der Waals surface area (Å²) in [5.41, 5.74) is 2.64. The number of aryl methyl sites for hydroxylation is 1. The monoisotopic (exact) mass is 346 g/mol. The Kier molecular flexibility index (Phi) is 3.31. The van der Waals surface area contributed by atoms with E-state index in [0.29, 0.717) is 18.2 Å². The molecule has 1 atom stereocenters.